The van der Waals surface area contributed by atoms with E-state index in [1.54, 1.807) is 12.1 Å². The van der Waals surface area contributed by atoms with Crippen LogP contribution in [0.25, 0.3) is 0 Å². The van der Waals surface area contributed by atoms with Crippen LogP contribution in [0.2, 0.25) is 0 Å². The molecule has 0 aromatic heterocycles. The quantitative estimate of drug-likeness (QED) is 0.785. The number of halogens is 1. The van der Waals surface area contributed by atoms with Crippen LogP contribution in [0.5, 0.6) is 0 Å². The predicted octanol–water partition coefficient (Wildman–Crippen LogP) is 1.85. The van der Waals surface area contributed by atoms with E-state index in [0.29, 0.717) is 12.3 Å². The van der Waals surface area contributed by atoms with Crippen LogP contribution in [0, 0.1) is 11.3 Å². The third-order valence-electron chi connectivity index (χ3n) is 2.36. The molecule has 2 N–H and O–H groups in total. The van der Waals surface area contributed by atoms with Gasteiger partial charge in [0.2, 0.25) is 0 Å². The highest BCUT2D eigenvalue weighted by molar-refractivity contribution is 6.17. The van der Waals surface area contributed by atoms with Gasteiger partial charge in [-0.15, -0.1) is 11.6 Å². The third kappa shape index (κ3) is 3.45. The number of carboxylic acid groups (broad SMARTS) is 1. The lowest BCUT2D eigenvalue weighted by Crippen LogP contribution is -2.12. The maximum Gasteiger partial charge on any atom is 0.337 e. The van der Waals surface area contributed by atoms with Crippen molar-refractivity contribution in [2.45, 2.75) is 18.9 Å². The van der Waals surface area contributed by atoms with E-state index in [2.05, 4.69) is 0 Å². The normalized spacial score (nSPS) is 11.8. The number of nitriles is 1. The van der Waals surface area contributed by atoms with E-state index in [1.807, 2.05) is 6.07 Å². The van der Waals surface area contributed by atoms with E-state index < -0.39 is 12.1 Å². The van der Waals surface area contributed by atoms with Crippen molar-refractivity contribution in [3.63, 3.8) is 0 Å². The number of aliphatic hydroxyl groups excluding tert-OH is 1. The first kappa shape index (κ1) is 13.5. The first-order valence-corrected chi connectivity index (χ1v) is 5.63. The molecule has 5 heteroatoms. The fourth-order valence-electron chi connectivity index (χ4n) is 1.50. The Morgan fingerprint density at radius 2 is 2.24 bits per heavy atom. The molecule has 90 valence electrons. The standard InChI is InChI=1S/C12H12ClNO3/c13-5-1-2-8-3-4-9(7-14)10(6-8)11(15)12(16)17/h3-4,6,11,15H,1-2,5H2,(H,16,17). The summed E-state index contributed by atoms with van der Waals surface area (Å²) in [5, 5.41) is 27.1. The molecule has 0 aliphatic rings. The van der Waals surface area contributed by atoms with E-state index >= 15 is 0 Å². The average molecular weight is 254 g/mol. The van der Waals surface area contributed by atoms with Gasteiger partial charge in [0.05, 0.1) is 11.6 Å². The molecule has 0 saturated carbocycles. The zero-order chi connectivity index (χ0) is 12.8. The summed E-state index contributed by atoms with van der Waals surface area (Å²) in [7, 11) is 0. The van der Waals surface area contributed by atoms with Crippen molar-refractivity contribution >= 4 is 17.6 Å². The van der Waals surface area contributed by atoms with Gasteiger partial charge in [0.15, 0.2) is 6.10 Å². The Labute approximate surface area is 104 Å². The number of carboxylic acids is 1. The van der Waals surface area contributed by atoms with E-state index in [4.69, 9.17) is 22.0 Å². The van der Waals surface area contributed by atoms with Gasteiger partial charge in [0, 0.05) is 11.4 Å². The lowest BCUT2D eigenvalue weighted by Gasteiger charge is -2.10. The van der Waals surface area contributed by atoms with Gasteiger partial charge in [0.25, 0.3) is 0 Å². The van der Waals surface area contributed by atoms with E-state index in [1.165, 1.54) is 6.07 Å². The molecule has 1 aromatic carbocycles. The fourth-order valence-corrected chi connectivity index (χ4v) is 1.63. The van der Waals surface area contributed by atoms with Crippen molar-refractivity contribution < 1.29 is 15.0 Å². The highest BCUT2D eigenvalue weighted by Gasteiger charge is 2.19. The van der Waals surface area contributed by atoms with Gasteiger partial charge in [-0.25, -0.2) is 4.79 Å². The Morgan fingerprint density at radius 1 is 1.53 bits per heavy atom. The topological polar surface area (TPSA) is 81.3 Å². The molecular formula is C12H12ClNO3. The van der Waals surface area contributed by atoms with Crippen molar-refractivity contribution in [2.75, 3.05) is 5.88 Å². The maximum absolute atomic E-state index is 10.7. The van der Waals surface area contributed by atoms with Crippen LogP contribution >= 0.6 is 11.6 Å². The molecule has 4 nitrogen and oxygen atoms in total. The number of carbonyl (C=O) groups is 1. The minimum atomic E-state index is -1.67. The second-order valence-electron chi connectivity index (χ2n) is 3.57. The SMILES string of the molecule is N#Cc1ccc(CCCCl)cc1C(O)C(=O)O. The Kier molecular flexibility index (Phi) is 4.95. The van der Waals surface area contributed by atoms with Crippen molar-refractivity contribution in [2.24, 2.45) is 0 Å². The van der Waals surface area contributed by atoms with E-state index in [-0.39, 0.29) is 11.1 Å². The van der Waals surface area contributed by atoms with Crippen molar-refractivity contribution in [1.82, 2.24) is 0 Å². The molecule has 0 spiro atoms. The molecule has 0 aliphatic carbocycles. The minimum Gasteiger partial charge on any atom is -0.479 e. The van der Waals surface area contributed by atoms with E-state index in [9.17, 15) is 9.90 Å². The zero-order valence-corrected chi connectivity index (χ0v) is 9.81. The molecule has 1 unspecified atom stereocenters. The number of hydrogen-bond acceptors (Lipinski definition) is 3. The zero-order valence-electron chi connectivity index (χ0n) is 9.06. The summed E-state index contributed by atoms with van der Waals surface area (Å²) in [5.41, 5.74) is 1.17. The molecule has 1 rings (SSSR count). The fraction of sp³-hybridized carbons (Fsp3) is 0.333. The summed E-state index contributed by atoms with van der Waals surface area (Å²) in [6, 6.07) is 6.67. The van der Waals surface area contributed by atoms with Crippen molar-refractivity contribution in [1.29, 1.82) is 5.26 Å². The van der Waals surface area contributed by atoms with Crippen LogP contribution in [0.1, 0.15) is 29.2 Å². The summed E-state index contributed by atoms with van der Waals surface area (Å²) < 4.78 is 0. The Morgan fingerprint density at radius 3 is 2.76 bits per heavy atom. The van der Waals surface area contributed by atoms with Gasteiger partial charge in [-0.2, -0.15) is 5.26 Å². The first-order chi connectivity index (χ1) is 8.10. The molecule has 0 fully saturated rings. The van der Waals surface area contributed by atoms with Crippen LogP contribution < -0.4 is 0 Å². The van der Waals surface area contributed by atoms with Crippen LogP contribution in [0.3, 0.4) is 0 Å². The highest BCUT2D eigenvalue weighted by atomic mass is 35.5. The van der Waals surface area contributed by atoms with Gasteiger partial charge >= 0.3 is 5.97 Å². The average Bonchev–Trinajstić information content (AvgIpc) is 2.34. The van der Waals surface area contributed by atoms with Crippen LogP contribution in [-0.4, -0.2) is 22.1 Å². The number of aliphatic carboxylic acids is 1. The Balaban J connectivity index is 3.07. The summed E-state index contributed by atoms with van der Waals surface area (Å²) in [6.07, 6.45) is -0.217. The van der Waals surface area contributed by atoms with Crippen molar-refractivity contribution in [3.8, 4) is 6.07 Å². The summed E-state index contributed by atoms with van der Waals surface area (Å²) in [5.74, 6) is -0.854. The van der Waals surface area contributed by atoms with Gasteiger partial charge in [-0.05, 0) is 24.5 Å². The summed E-state index contributed by atoms with van der Waals surface area (Å²) in [6.45, 7) is 0. The van der Waals surface area contributed by atoms with Crippen molar-refractivity contribution in [3.05, 3.63) is 34.9 Å². The number of hydrogen-bond donors (Lipinski definition) is 2. The van der Waals surface area contributed by atoms with Crippen LogP contribution in [0.4, 0.5) is 0 Å². The lowest BCUT2D eigenvalue weighted by atomic mass is 9.98. The third-order valence-corrected chi connectivity index (χ3v) is 2.63. The second-order valence-corrected chi connectivity index (χ2v) is 3.94. The molecule has 0 amide bonds. The van der Waals surface area contributed by atoms with Gasteiger partial charge in [-0.1, -0.05) is 12.1 Å². The molecule has 0 radical (unpaired) electrons. The number of aryl methyl sites for hydroxylation is 1. The monoisotopic (exact) mass is 253 g/mol. The van der Waals surface area contributed by atoms with Gasteiger partial charge in [-0.3, -0.25) is 0 Å². The number of nitrogens with zero attached hydrogens (tertiary/aromatic N) is 1. The highest BCUT2D eigenvalue weighted by Crippen LogP contribution is 2.20. The number of benzene rings is 1. The smallest absolute Gasteiger partial charge is 0.337 e. The van der Waals surface area contributed by atoms with Gasteiger partial charge in [0.1, 0.15) is 0 Å². The number of rotatable bonds is 5. The molecule has 0 aliphatic heterocycles. The second kappa shape index (κ2) is 6.24. The molecule has 0 heterocycles. The summed E-state index contributed by atoms with van der Waals surface area (Å²) >= 11 is 5.57. The molecule has 17 heavy (non-hydrogen) atoms. The van der Waals surface area contributed by atoms with Gasteiger partial charge < -0.3 is 10.2 Å². The largest absolute Gasteiger partial charge is 0.479 e. The van der Waals surface area contributed by atoms with Crippen LogP contribution in [0.15, 0.2) is 18.2 Å². The Bertz CT molecular complexity index is 454. The summed E-state index contributed by atoms with van der Waals surface area (Å²) in [4.78, 5) is 10.7. The molecule has 0 saturated heterocycles. The van der Waals surface area contributed by atoms with E-state index in [0.717, 1.165) is 12.0 Å². The first-order valence-electron chi connectivity index (χ1n) is 5.10. The molecule has 1 atom stereocenters. The number of alkyl halides is 1. The lowest BCUT2D eigenvalue weighted by molar-refractivity contribution is -0.146. The number of aliphatic hydroxyl groups is 1. The molecule has 1 aromatic rings. The molecule has 0 bridgehead atoms. The predicted molar refractivity (Wildman–Crippen MR) is 62.8 cm³/mol. The Hall–Kier alpha value is -1.57. The van der Waals surface area contributed by atoms with Crippen LogP contribution in [-0.2, 0) is 11.2 Å². The minimum absolute atomic E-state index is 0.132. The maximum atomic E-state index is 10.7. The molecular weight excluding hydrogens is 242 g/mol.